The first-order chi connectivity index (χ1) is 16.6. The summed E-state index contributed by atoms with van der Waals surface area (Å²) < 4.78 is 0. The smallest absolute Gasteiger partial charge is 0.303 e. The second-order valence-corrected chi connectivity index (χ2v) is 14.9. The number of aliphatic carboxylic acids is 1. The van der Waals surface area contributed by atoms with Crippen LogP contribution in [0.5, 0.6) is 0 Å². The molecule has 3 rings (SSSR count). The van der Waals surface area contributed by atoms with Crippen molar-refractivity contribution in [2.75, 3.05) is 0 Å². The Kier molecular flexibility index (Phi) is 7.69. The highest BCUT2D eigenvalue weighted by Crippen LogP contribution is 2.73. The number of hydrogen-bond acceptors (Lipinski definition) is 6. The van der Waals surface area contributed by atoms with Gasteiger partial charge in [-0.3, -0.25) is 14.4 Å². The summed E-state index contributed by atoms with van der Waals surface area (Å²) in [4.78, 5) is 38.3. The van der Waals surface area contributed by atoms with Crippen molar-refractivity contribution >= 4 is 17.5 Å². The zero-order chi connectivity index (χ0) is 28.4. The first kappa shape index (κ1) is 30.2. The minimum Gasteiger partial charge on any atom is -0.481 e. The second-order valence-electron chi connectivity index (χ2n) is 14.9. The first-order valence-electron chi connectivity index (χ1n) is 14.0. The van der Waals surface area contributed by atoms with Crippen LogP contribution >= 0.6 is 0 Å². The summed E-state index contributed by atoms with van der Waals surface area (Å²) in [5.41, 5.74) is -4.73. The molecule has 0 unspecified atom stereocenters. The van der Waals surface area contributed by atoms with Crippen molar-refractivity contribution in [1.29, 1.82) is 0 Å². The Morgan fingerprint density at radius 1 is 0.919 bits per heavy atom. The number of ketones is 2. The molecule has 4 N–H and O–H groups in total. The Bertz CT molecular complexity index is 925. The third kappa shape index (κ3) is 5.29. The minimum atomic E-state index is -1.36. The van der Waals surface area contributed by atoms with Gasteiger partial charge in [0.1, 0.15) is 11.6 Å². The van der Waals surface area contributed by atoms with Gasteiger partial charge in [0.05, 0.1) is 16.8 Å². The molecule has 3 aliphatic carbocycles. The van der Waals surface area contributed by atoms with Gasteiger partial charge in [0, 0.05) is 31.6 Å². The second kappa shape index (κ2) is 9.41. The minimum absolute atomic E-state index is 0.00928. The van der Waals surface area contributed by atoms with Crippen molar-refractivity contribution in [2.24, 2.45) is 39.9 Å². The monoisotopic (exact) mass is 522 g/mol. The normalized spacial score (nSPS) is 40.0. The van der Waals surface area contributed by atoms with Gasteiger partial charge in [-0.15, -0.1) is 0 Å². The molecule has 0 aromatic carbocycles. The van der Waals surface area contributed by atoms with Crippen molar-refractivity contribution in [3.63, 3.8) is 0 Å². The Morgan fingerprint density at radius 2 is 1.49 bits per heavy atom. The van der Waals surface area contributed by atoms with E-state index < -0.39 is 33.6 Å². The molecule has 0 amide bonds. The maximum Gasteiger partial charge on any atom is 0.303 e. The molecule has 7 nitrogen and oxygen atoms in total. The zero-order valence-corrected chi connectivity index (χ0v) is 24.2. The van der Waals surface area contributed by atoms with Crippen molar-refractivity contribution in [3.8, 4) is 0 Å². The number of hydrogen-bond donors (Lipinski definition) is 4. The Balaban J connectivity index is 1.99. The van der Waals surface area contributed by atoms with Crippen LogP contribution in [0.15, 0.2) is 0 Å². The van der Waals surface area contributed by atoms with Crippen LogP contribution in [0.2, 0.25) is 0 Å². The fourth-order valence-electron chi connectivity index (χ4n) is 9.46. The summed E-state index contributed by atoms with van der Waals surface area (Å²) >= 11 is 0. The highest BCUT2D eigenvalue weighted by molar-refractivity contribution is 5.85. The SMILES string of the molecule is CC(C)(O)CC(=O)C[C@](C)(O)[C@H]1CC[C@]2(C)[C@@H]1C(=O)C[C@@H]1[C@@](C)(CCC(=O)O)[C@@H](C(C)(C)O)CC[C@]12C. The topological polar surface area (TPSA) is 132 Å². The van der Waals surface area contributed by atoms with Crippen molar-refractivity contribution < 1.29 is 34.8 Å². The van der Waals surface area contributed by atoms with Gasteiger partial charge in [-0.1, -0.05) is 20.8 Å². The van der Waals surface area contributed by atoms with Crippen molar-refractivity contribution in [2.45, 2.75) is 130 Å². The van der Waals surface area contributed by atoms with E-state index in [1.165, 1.54) is 0 Å². The third-order valence-corrected chi connectivity index (χ3v) is 11.1. The molecule has 37 heavy (non-hydrogen) atoms. The number of carbonyl (C=O) groups is 3. The van der Waals surface area contributed by atoms with E-state index in [2.05, 4.69) is 20.8 Å². The van der Waals surface area contributed by atoms with E-state index in [4.69, 9.17) is 0 Å². The highest BCUT2D eigenvalue weighted by atomic mass is 16.4. The van der Waals surface area contributed by atoms with Gasteiger partial charge in [-0.2, -0.15) is 0 Å². The van der Waals surface area contributed by atoms with E-state index in [1.54, 1.807) is 34.6 Å². The Labute approximate surface area is 222 Å². The molecule has 212 valence electrons. The standard InChI is InChI=1S/C30H50O7/c1-25(2,35)16-18(31)17-30(8,37)19-9-13-29(7)24(19)20(32)15-22-27(5,12-11-23(33)34)21(26(3,4)36)10-14-28(22,29)6/h19,21-22,24,35-37H,9-17H2,1-8H3,(H,33,34)/t19-,21+,22+,24-,27-,28+,29+,30-/m0/s1. The van der Waals surface area contributed by atoms with Gasteiger partial charge in [0.2, 0.25) is 0 Å². The molecule has 0 aromatic rings. The van der Waals surface area contributed by atoms with Crippen LogP contribution in [0, 0.1) is 39.9 Å². The number of aliphatic hydroxyl groups is 3. The molecular weight excluding hydrogens is 472 g/mol. The van der Waals surface area contributed by atoms with Crippen LogP contribution in [-0.2, 0) is 14.4 Å². The number of fused-ring (bicyclic) bond motifs is 3. The van der Waals surface area contributed by atoms with E-state index in [0.717, 1.165) is 19.3 Å². The number of rotatable bonds is 9. The lowest BCUT2D eigenvalue weighted by Gasteiger charge is -2.67. The predicted molar refractivity (Wildman–Crippen MR) is 141 cm³/mol. The molecule has 3 saturated carbocycles. The molecule has 0 aliphatic heterocycles. The number of carbonyl (C=O) groups excluding carboxylic acids is 2. The lowest BCUT2D eigenvalue weighted by molar-refractivity contribution is -0.207. The molecular formula is C30H50O7. The van der Waals surface area contributed by atoms with Gasteiger partial charge >= 0.3 is 5.97 Å². The lowest BCUT2D eigenvalue weighted by Crippen LogP contribution is -2.64. The number of carboxylic acid groups (broad SMARTS) is 1. The molecule has 0 bridgehead atoms. The van der Waals surface area contributed by atoms with Crippen LogP contribution in [0.4, 0.5) is 0 Å². The van der Waals surface area contributed by atoms with E-state index in [-0.39, 0.29) is 59.9 Å². The zero-order valence-electron chi connectivity index (χ0n) is 24.2. The average Bonchev–Trinajstić information content (AvgIpc) is 3.07. The molecule has 8 atom stereocenters. The third-order valence-electron chi connectivity index (χ3n) is 11.1. The fraction of sp³-hybridized carbons (Fsp3) is 0.900. The van der Waals surface area contributed by atoms with Crippen LogP contribution < -0.4 is 0 Å². The molecule has 3 aliphatic rings. The summed E-state index contributed by atoms with van der Waals surface area (Å²) in [7, 11) is 0. The van der Waals surface area contributed by atoms with E-state index in [0.29, 0.717) is 19.3 Å². The Morgan fingerprint density at radius 3 is 2.00 bits per heavy atom. The number of carboxylic acids is 1. The van der Waals surface area contributed by atoms with E-state index in [1.807, 2.05) is 0 Å². The first-order valence-corrected chi connectivity index (χ1v) is 14.0. The Hall–Kier alpha value is -1.31. The van der Waals surface area contributed by atoms with Gasteiger partial charge in [-0.25, -0.2) is 0 Å². The summed E-state index contributed by atoms with van der Waals surface area (Å²) in [6.07, 6.45) is 3.49. The molecule has 0 saturated heterocycles. The molecule has 0 aromatic heterocycles. The van der Waals surface area contributed by atoms with E-state index in [9.17, 15) is 34.8 Å². The lowest BCUT2D eigenvalue weighted by atomic mass is 9.37. The van der Waals surface area contributed by atoms with Crippen molar-refractivity contribution in [3.05, 3.63) is 0 Å². The van der Waals surface area contributed by atoms with Gasteiger partial charge in [0.25, 0.3) is 0 Å². The van der Waals surface area contributed by atoms with Crippen LogP contribution in [0.25, 0.3) is 0 Å². The summed E-state index contributed by atoms with van der Waals surface area (Å²) in [6.45, 7) is 14.9. The van der Waals surface area contributed by atoms with Gasteiger partial charge < -0.3 is 20.4 Å². The average molecular weight is 523 g/mol. The molecule has 0 heterocycles. The van der Waals surface area contributed by atoms with Gasteiger partial charge in [0.15, 0.2) is 0 Å². The summed E-state index contributed by atoms with van der Waals surface area (Å²) in [5, 5.41) is 42.3. The number of Topliss-reactive ketones (excluding diaryl/α,β-unsaturated/α-hetero) is 2. The maximum absolute atomic E-state index is 14.0. The molecule has 3 fully saturated rings. The quantitative estimate of drug-likeness (QED) is 0.349. The predicted octanol–water partition coefficient (Wildman–Crippen LogP) is 4.54. The largest absolute Gasteiger partial charge is 0.481 e. The van der Waals surface area contributed by atoms with Crippen molar-refractivity contribution in [1.82, 2.24) is 0 Å². The van der Waals surface area contributed by atoms with Gasteiger partial charge in [-0.05, 0) is 101 Å². The maximum atomic E-state index is 14.0. The summed E-state index contributed by atoms with van der Waals surface area (Å²) in [6, 6.07) is 0. The van der Waals surface area contributed by atoms with Crippen LogP contribution in [0.3, 0.4) is 0 Å². The fourth-order valence-corrected chi connectivity index (χ4v) is 9.46. The summed E-state index contributed by atoms with van der Waals surface area (Å²) in [5.74, 6) is -1.97. The van der Waals surface area contributed by atoms with Crippen LogP contribution in [-0.4, -0.2) is 54.8 Å². The molecule has 0 spiro atoms. The molecule has 0 radical (unpaired) electrons. The highest BCUT2D eigenvalue weighted by Gasteiger charge is 2.70. The van der Waals surface area contributed by atoms with Crippen LogP contribution in [0.1, 0.15) is 113 Å². The molecule has 7 heteroatoms. The van der Waals surface area contributed by atoms with E-state index >= 15 is 0 Å².